The number of carbonyl (C=O) groups is 2. The summed E-state index contributed by atoms with van der Waals surface area (Å²) in [6.07, 6.45) is 0. The first-order valence-electron chi connectivity index (χ1n) is 5.74. The van der Waals surface area contributed by atoms with E-state index in [1.54, 1.807) is 18.2 Å². The maximum atomic E-state index is 12.4. The van der Waals surface area contributed by atoms with Crippen LogP contribution in [0.1, 0.15) is 0 Å². The van der Waals surface area contributed by atoms with Gasteiger partial charge in [-0.2, -0.15) is 4.31 Å². The van der Waals surface area contributed by atoms with E-state index >= 15 is 0 Å². The number of hydrogen-bond acceptors (Lipinski definition) is 5. The summed E-state index contributed by atoms with van der Waals surface area (Å²) in [5.41, 5.74) is 0. The quantitative estimate of drug-likeness (QED) is 0.850. The van der Waals surface area contributed by atoms with E-state index in [1.165, 1.54) is 12.1 Å². The number of hydrogen-bond donors (Lipinski definition) is 0. The van der Waals surface area contributed by atoms with Gasteiger partial charge >= 0.3 is 5.24 Å². The van der Waals surface area contributed by atoms with Gasteiger partial charge in [-0.1, -0.05) is 42.1 Å². The predicted molar refractivity (Wildman–Crippen MR) is 75.8 cm³/mol. The second-order valence-electron chi connectivity index (χ2n) is 4.23. The standard InChI is InChI=1S/C13H9NO4S2/c15-12-8-19-13(16)14(12)20(17,18)11-6-5-9-3-1-2-4-10(9)7-11/h1-7H,8H2. The largest absolute Gasteiger partial charge is 0.303 e. The van der Waals surface area contributed by atoms with Gasteiger partial charge in [0.2, 0.25) is 0 Å². The van der Waals surface area contributed by atoms with Crippen molar-refractivity contribution in [1.29, 1.82) is 0 Å². The molecule has 102 valence electrons. The van der Waals surface area contributed by atoms with Gasteiger partial charge in [-0.25, -0.2) is 8.42 Å². The molecule has 0 aromatic heterocycles. The van der Waals surface area contributed by atoms with Crippen molar-refractivity contribution in [1.82, 2.24) is 4.31 Å². The Kier molecular flexibility index (Phi) is 3.02. The molecule has 0 aliphatic carbocycles. The second kappa shape index (κ2) is 4.60. The van der Waals surface area contributed by atoms with Crippen LogP contribution in [0.15, 0.2) is 47.4 Å². The molecule has 3 rings (SSSR count). The highest BCUT2D eigenvalue weighted by molar-refractivity contribution is 8.16. The molecule has 0 atom stereocenters. The third-order valence-corrected chi connectivity index (χ3v) is 5.61. The van der Waals surface area contributed by atoms with Gasteiger partial charge in [-0.15, -0.1) is 0 Å². The zero-order chi connectivity index (χ0) is 14.3. The molecule has 1 aliphatic rings. The first-order valence-corrected chi connectivity index (χ1v) is 8.16. The number of nitrogens with zero attached hydrogens (tertiary/aromatic N) is 1. The van der Waals surface area contributed by atoms with Crippen molar-refractivity contribution < 1.29 is 18.0 Å². The Balaban J connectivity index is 2.14. The van der Waals surface area contributed by atoms with E-state index in [0.717, 1.165) is 10.8 Å². The van der Waals surface area contributed by atoms with E-state index in [-0.39, 0.29) is 10.6 Å². The molecule has 2 aromatic carbocycles. The molecule has 20 heavy (non-hydrogen) atoms. The van der Waals surface area contributed by atoms with Crippen molar-refractivity contribution in [2.24, 2.45) is 0 Å². The fourth-order valence-corrected chi connectivity index (χ4v) is 4.39. The Labute approximate surface area is 119 Å². The number of carbonyl (C=O) groups excluding carboxylic acids is 2. The topological polar surface area (TPSA) is 71.5 Å². The average molecular weight is 307 g/mol. The zero-order valence-electron chi connectivity index (χ0n) is 10.1. The summed E-state index contributed by atoms with van der Waals surface area (Å²) in [7, 11) is -4.12. The molecule has 2 amide bonds. The summed E-state index contributed by atoms with van der Waals surface area (Å²) in [5, 5.41) is 0.878. The molecule has 1 saturated heterocycles. The monoisotopic (exact) mass is 307 g/mol. The van der Waals surface area contributed by atoms with Gasteiger partial charge in [0.05, 0.1) is 10.6 Å². The molecule has 2 aromatic rings. The van der Waals surface area contributed by atoms with E-state index in [0.29, 0.717) is 16.1 Å². The van der Waals surface area contributed by atoms with Crippen LogP contribution in [0, 0.1) is 0 Å². The molecule has 0 bridgehead atoms. The Morgan fingerprint density at radius 2 is 1.70 bits per heavy atom. The van der Waals surface area contributed by atoms with Crippen molar-refractivity contribution >= 4 is 43.7 Å². The van der Waals surface area contributed by atoms with Gasteiger partial charge in [-0.05, 0) is 22.9 Å². The summed E-state index contributed by atoms with van der Waals surface area (Å²) in [5.74, 6) is -0.834. The fourth-order valence-electron chi connectivity index (χ4n) is 2.01. The van der Waals surface area contributed by atoms with E-state index in [4.69, 9.17) is 0 Å². The SMILES string of the molecule is O=C1CSC(=O)N1S(=O)(=O)c1ccc2ccccc2c1. The molecule has 0 radical (unpaired) electrons. The Hall–Kier alpha value is -1.86. The molecular weight excluding hydrogens is 298 g/mol. The molecule has 0 saturated carbocycles. The van der Waals surface area contributed by atoms with Crippen LogP contribution >= 0.6 is 11.8 Å². The van der Waals surface area contributed by atoms with Crippen molar-refractivity contribution in [2.45, 2.75) is 4.90 Å². The molecule has 1 fully saturated rings. The van der Waals surface area contributed by atoms with E-state index in [2.05, 4.69) is 0 Å². The number of imide groups is 1. The average Bonchev–Trinajstić information content (AvgIpc) is 2.78. The minimum atomic E-state index is -4.12. The van der Waals surface area contributed by atoms with Crippen LogP contribution in [0.5, 0.6) is 0 Å². The lowest BCUT2D eigenvalue weighted by molar-refractivity contribution is -0.121. The molecule has 0 unspecified atom stereocenters. The van der Waals surface area contributed by atoms with Gasteiger partial charge in [-0.3, -0.25) is 9.59 Å². The van der Waals surface area contributed by atoms with Crippen LogP contribution in [0.25, 0.3) is 10.8 Å². The number of fused-ring (bicyclic) bond motifs is 1. The first-order chi connectivity index (χ1) is 9.50. The molecule has 5 nitrogen and oxygen atoms in total. The minimum Gasteiger partial charge on any atom is -0.272 e. The number of sulfonamides is 1. The third kappa shape index (κ3) is 1.99. The van der Waals surface area contributed by atoms with Gasteiger partial charge in [0.15, 0.2) is 0 Å². The Morgan fingerprint density at radius 3 is 2.35 bits per heavy atom. The minimum absolute atomic E-state index is 0.0552. The molecule has 7 heteroatoms. The lowest BCUT2D eigenvalue weighted by atomic mass is 10.1. The Morgan fingerprint density at radius 1 is 1.00 bits per heavy atom. The van der Waals surface area contributed by atoms with Crippen LogP contribution in [-0.2, 0) is 14.8 Å². The number of rotatable bonds is 2. The van der Waals surface area contributed by atoms with Gasteiger partial charge in [0, 0.05) is 0 Å². The van der Waals surface area contributed by atoms with Gasteiger partial charge in [0.25, 0.3) is 15.9 Å². The molecular formula is C13H9NO4S2. The van der Waals surface area contributed by atoms with Crippen molar-refractivity contribution in [3.05, 3.63) is 42.5 Å². The number of thioether (sulfide) groups is 1. The van der Waals surface area contributed by atoms with Crippen LogP contribution in [-0.4, -0.2) is 29.6 Å². The summed E-state index contributed by atoms with van der Waals surface area (Å²) in [6, 6.07) is 11.8. The molecule has 0 spiro atoms. The third-order valence-electron chi connectivity index (χ3n) is 2.97. The molecule has 0 N–H and O–H groups in total. The van der Waals surface area contributed by atoms with E-state index < -0.39 is 21.2 Å². The number of amides is 2. The summed E-state index contributed by atoms with van der Waals surface area (Å²) < 4.78 is 25.1. The number of benzene rings is 2. The van der Waals surface area contributed by atoms with Crippen molar-refractivity contribution in [3.63, 3.8) is 0 Å². The highest BCUT2D eigenvalue weighted by Crippen LogP contribution is 2.28. The first kappa shape index (κ1) is 13.1. The normalized spacial score (nSPS) is 16.1. The van der Waals surface area contributed by atoms with Crippen molar-refractivity contribution in [3.8, 4) is 0 Å². The summed E-state index contributed by atoms with van der Waals surface area (Å²) >= 11 is 0.697. The van der Waals surface area contributed by atoms with Gasteiger partial charge in [0.1, 0.15) is 0 Å². The predicted octanol–water partition coefficient (Wildman–Crippen LogP) is 2.22. The lowest BCUT2D eigenvalue weighted by Gasteiger charge is -2.13. The van der Waals surface area contributed by atoms with Crippen molar-refractivity contribution in [2.75, 3.05) is 5.75 Å². The van der Waals surface area contributed by atoms with Gasteiger partial charge < -0.3 is 0 Å². The van der Waals surface area contributed by atoms with Crippen LogP contribution in [0.3, 0.4) is 0 Å². The highest BCUT2D eigenvalue weighted by atomic mass is 32.2. The maximum absolute atomic E-state index is 12.4. The van der Waals surface area contributed by atoms with Crippen LogP contribution in [0.2, 0.25) is 0 Å². The van der Waals surface area contributed by atoms with E-state index in [9.17, 15) is 18.0 Å². The summed E-state index contributed by atoms with van der Waals surface area (Å²) in [4.78, 5) is 23.1. The maximum Gasteiger partial charge on any atom is 0.303 e. The molecule has 1 heterocycles. The smallest absolute Gasteiger partial charge is 0.272 e. The Bertz CT molecular complexity index is 813. The molecule has 1 aliphatic heterocycles. The van der Waals surface area contributed by atoms with E-state index in [1.807, 2.05) is 12.1 Å². The second-order valence-corrected chi connectivity index (χ2v) is 6.94. The highest BCUT2D eigenvalue weighted by Gasteiger charge is 2.40. The summed E-state index contributed by atoms with van der Waals surface area (Å²) in [6.45, 7) is 0. The fraction of sp³-hybridized carbons (Fsp3) is 0.0769. The van der Waals surface area contributed by atoms with Crippen LogP contribution in [0.4, 0.5) is 4.79 Å². The van der Waals surface area contributed by atoms with Crippen LogP contribution < -0.4 is 0 Å². The zero-order valence-corrected chi connectivity index (χ0v) is 11.8. The lowest BCUT2D eigenvalue weighted by Crippen LogP contribution is -2.35.